The van der Waals surface area contributed by atoms with E-state index in [-0.39, 0.29) is 5.41 Å². The largest absolute Gasteiger partial charge is 0.472 e. The smallest absolute Gasteiger partial charge is 0.0947 e. The Morgan fingerprint density at radius 2 is 2.32 bits per heavy atom. The predicted octanol–water partition coefficient (Wildman–Crippen LogP) is 3.26. The summed E-state index contributed by atoms with van der Waals surface area (Å²) < 4.78 is 17.5. The summed E-state index contributed by atoms with van der Waals surface area (Å²) in [6.45, 7) is 5.28. The van der Waals surface area contributed by atoms with E-state index in [4.69, 9.17) is 13.9 Å². The van der Waals surface area contributed by atoms with Gasteiger partial charge >= 0.3 is 0 Å². The van der Waals surface area contributed by atoms with Crippen molar-refractivity contribution in [3.8, 4) is 0 Å². The Balaban J connectivity index is 1.40. The number of likely N-dealkylation sites (tertiary alicyclic amines) is 1. The third kappa shape index (κ3) is 3.94. The van der Waals surface area contributed by atoms with Crippen molar-refractivity contribution in [2.75, 3.05) is 26.3 Å². The maximum atomic E-state index is 6.14. The van der Waals surface area contributed by atoms with Crippen LogP contribution < -0.4 is 0 Å². The second kappa shape index (κ2) is 7.68. The van der Waals surface area contributed by atoms with Crippen molar-refractivity contribution in [3.05, 3.63) is 54.2 Å². The third-order valence-corrected chi connectivity index (χ3v) is 5.43. The highest BCUT2D eigenvalue weighted by molar-refractivity contribution is 5.08. The van der Waals surface area contributed by atoms with Gasteiger partial charge in [0.15, 0.2) is 0 Å². The molecule has 4 heterocycles. The molecule has 0 bridgehead atoms. The molecule has 4 rings (SSSR count). The molecule has 0 spiro atoms. The summed E-state index contributed by atoms with van der Waals surface area (Å²) in [5, 5.41) is 0. The monoisotopic (exact) mass is 342 g/mol. The van der Waals surface area contributed by atoms with Crippen LogP contribution in [-0.2, 0) is 22.6 Å². The van der Waals surface area contributed by atoms with Gasteiger partial charge in [-0.2, -0.15) is 0 Å². The molecule has 0 aromatic carbocycles. The average Bonchev–Trinajstić information content (AvgIpc) is 3.15. The molecule has 0 saturated carbocycles. The first-order chi connectivity index (χ1) is 12.3. The Morgan fingerprint density at radius 3 is 3.16 bits per heavy atom. The van der Waals surface area contributed by atoms with Crippen molar-refractivity contribution in [2.45, 2.75) is 38.5 Å². The Morgan fingerprint density at radius 1 is 1.32 bits per heavy atom. The van der Waals surface area contributed by atoms with Crippen LogP contribution in [0, 0.1) is 5.41 Å². The summed E-state index contributed by atoms with van der Waals surface area (Å²) >= 11 is 0. The van der Waals surface area contributed by atoms with Crippen LogP contribution in [0.4, 0.5) is 0 Å². The summed E-state index contributed by atoms with van der Waals surface area (Å²) in [6, 6.07) is 6.07. The van der Waals surface area contributed by atoms with Gasteiger partial charge in [0.1, 0.15) is 0 Å². The molecule has 2 atom stereocenters. The summed E-state index contributed by atoms with van der Waals surface area (Å²) in [5.41, 5.74) is 2.46. The van der Waals surface area contributed by atoms with E-state index < -0.39 is 0 Å². The molecule has 5 nitrogen and oxygen atoms in total. The van der Waals surface area contributed by atoms with Crippen LogP contribution in [0.25, 0.3) is 0 Å². The molecule has 0 N–H and O–H groups in total. The molecule has 2 aliphatic heterocycles. The lowest BCUT2D eigenvalue weighted by Crippen LogP contribution is -2.56. The first-order valence-corrected chi connectivity index (χ1v) is 9.16. The van der Waals surface area contributed by atoms with Crippen LogP contribution in [0.2, 0.25) is 0 Å². The zero-order valence-electron chi connectivity index (χ0n) is 14.6. The molecular weight excluding hydrogens is 316 g/mol. The number of hydrogen-bond acceptors (Lipinski definition) is 5. The van der Waals surface area contributed by atoms with Gasteiger partial charge in [0.2, 0.25) is 0 Å². The summed E-state index contributed by atoms with van der Waals surface area (Å²) in [6.07, 6.45) is 10.9. The quantitative estimate of drug-likeness (QED) is 0.806. The average molecular weight is 342 g/mol. The summed E-state index contributed by atoms with van der Waals surface area (Å²) in [5.74, 6) is 0. The molecule has 0 unspecified atom stereocenters. The first kappa shape index (κ1) is 16.8. The van der Waals surface area contributed by atoms with E-state index in [1.54, 1.807) is 12.5 Å². The number of rotatable bonds is 6. The normalized spacial score (nSPS) is 27.1. The zero-order valence-corrected chi connectivity index (χ0v) is 14.6. The van der Waals surface area contributed by atoms with Gasteiger partial charge in [0.05, 0.1) is 31.8 Å². The molecule has 2 aromatic rings. The molecule has 2 fully saturated rings. The minimum absolute atomic E-state index is 0.0996. The van der Waals surface area contributed by atoms with Gasteiger partial charge in [0.25, 0.3) is 0 Å². The van der Waals surface area contributed by atoms with E-state index in [0.29, 0.717) is 12.7 Å². The third-order valence-electron chi connectivity index (χ3n) is 5.43. The van der Waals surface area contributed by atoms with Crippen molar-refractivity contribution >= 4 is 0 Å². The second-order valence-corrected chi connectivity index (χ2v) is 7.31. The molecule has 5 heteroatoms. The number of fused-ring (bicyclic) bond motifs is 1. The fraction of sp³-hybridized carbons (Fsp3) is 0.550. The van der Waals surface area contributed by atoms with E-state index in [1.165, 1.54) is 12.0 Å². The summed E-state index contributed by atoms with van der Waals surface area (Å²) in [7, 11) is 0. The van der Waals surface area contributed by atoms with Gasteiger partial charge in [0, 0.05) is 49.6 Å². The topological polar surface area (TPSA) is 47.7 Å². The molecule has 0 aliphatic carbocycles. The highest BCUT2D eigenvalue weighted by atomic mass is 16.5. The van der Waals surface area contributed by atoms with Crippen LogP contribution in [0.5, 0.6) is 0 Å². The molecular formula is C20H26N2O3. The van der Waals surface area contributed by atoms with Crippen molar-refractivity contribution in [3.63, 3.8) is 0 Å². The van der Waals surface area contributed by atoms with Gasteiger partial charge in [-0.1, -0.05) is 6.07 Å². The lowest BCUT2D eigenvalue weighted by atomic mass is 9.73. The van der Waals surface area contributed by atoms with Crippen LogP contribution >= 0.6 is 0 Å². The molecule has 0 radical (unpaired) electrons. The lowest BCUT2D eigenvalue weighted by molar-refractivity contribution is -0.155. The van der Waals surface area contributed by atoms with Gasteiger partial charge in [-0.3, -0.25) is 9.88 Å². The number of pyridine rings is 1. The fourth-order valence-corrected chi connectivity index (χ4v) is 4.22. The number of furan rings is 1. The molecule has 2 aromatic heterocycles. The van der Waals surface area contributed by atoms with Gasteiger partial charge in [-0.25, -0.2) is 0 Å². The van der Waals surface area contributed by atoms with Gasteiger partial charge in [-0.15, -0.1) is 0 Å². The number of nitrogens with zero attached hydrogens (tertiary/aromatic N) is 2. The SMILES string of the molecule is c1cncc(COC[C@]23CCCO[C@H]2CCN(Cc2ccoc2)C3)c1. The standard InChI is InChI=1S/C20H26N2O3/c1-3-17(11-21-7-1)13-24-16-20-6-2-9-25-19(20)4-8-22(15-20)12-18-5-10-23-14-18/h1,3,5,7,10-11,14,19H,2,4,6,8-9,12-13,15-16H2/t19-,20+/m0/s1. The first-order valence-electron chi connectivity index (χ1n) is 9.16. The zero-order chi connectivity index (χ0) is 17.0. The molecule has 2 saturated heterocycles. The second-order valence-electron chi connectivity index (χ2n) is 7.31. The minimum atomic E-state index is 0.0996. The molecule has 0 amide bonds. The van der Waals surface area contributed by atoms with E-state index in [0.717, 1.165) is 51.3 Å². The van der Waals surface area contributed by atoms with Crippen LogP contribution in [0.3, 0.4) is 0 Å². The van der Waals surface area contributed by atoms with Crippen LogP contribution in [0.15, 0.2) is 47.5 Å². The van der Waals surface area contributed by atoms with Crippen molar-refractivity contribution in [1.29, 1.82) is 0 Å². The number of aromatic nitrogens is 1. The predicted molar refractivity (Wildman–Crippen MR) is 93.9 cm³/mol. The molecule has 25 heavy (non-hydrogen) atoms. The molecule has 134 valence electrons. The maximum absolute atomic E-state index is 6.14. The van der Waals surface area contributed by atoms with Gasteiger partial charge in [-0.05, 0) is 37.0 Å². The van der Waals surface area contributed by atoms with E-state index >= 15 is 0 Å². The van der Waals surface area contributed by atoms with Crippen LogP contribution in [-0.4, -0.2) is 42.3 Å². The van der Waals surface area contributed by atoms with Crippen LogP contribution in [0.1, 0.15) is 30.4 Å². The highest BCUT2D eigenvalue weighted by Gasteiger charge is 2.46. The number of hydrogen-bond donors (Lipinski definition) is 0. The van der Waals surface area contributed by atoms with E-state index in [1.807, 2.05) is 18.5 Å². The number of ether oxygens (including phenoxy) is 2. The highest BCUT2D eigenvalue weighted by Crippen LogP contribution is 2.41. The lowest BCUT2D eigenvalue weighted by Gasteiger charge is -2.50. The summed E-state index contributed by atoms with van der Waals surface area (Å²) in [4.78, 5) is 6.68. The fourth-order valence-electron chi connectivity index (χ4n) is 4.22. The minimum Gasteiger partial charge on any atom is -0.472 e. The Kier molecular flexibility index (Phi) is 5.15. The Labute approximate surface area is 148 Å². The number of piperidine rings is 1. The van der Waals surface area contributed by atoms with Crippen molar-refractivity contribution < 1.29 is 13.9 Å². The Bertz CT molecular complexity index is 646. The molecule has 2 aliphatic rings. The van der Waals surface area contributed by atoms with E-state index in [9.17, 15) is 0 Å². The Hall–Kier alpha value is -1.69. The van der Waals surface area contributed by atoms with Crippen molar-refractivity contribution in [2.24, 2.45) is 5.41 Å². The maximum Gasteiger partial charge on any atom is 0.0947 e. The van der Waals surface area contributed by atoms with E-state index in [2.05, 4.69) is 22.0 Å². The van der Waals surface area contributed by atoms with Crippen molar-refractivity contribution in [1.82, 2.24) is 9.88 Å². The van der Waals surface area contributed by atoms with Gasteiger partial charge < -0.3 is 13.9 Å².